The number of likely N-dealkylation sites (N-methyl/N-ethyl adjacent to an activating group) is 1. The minimum Gasteiger partial charge on any atom is -0.332 e. The highest BCUT2D eigenvalue weighted by molar-refractivity contribution is 5.95. The molecule has 0 radical (unpaired) electrons. The van der Waals surface area contributed by atoms with Gasteiger partial charge < -0.3 is 14.4 Å². The Morgan fingerprint density at radius 3 is 2.55 bits per heavy atom. The van der Waals surface area contributed by atoms with Gasteiger partial charge in [-0.05, 0) is 56.0 Å². The minimum absolute atomic E-state index is 0.0172. The maximum atomic E-state index is 13.4. The van der Waals surface area contributed by atoms with Crippen molar-refractivity contribution in [2.24, 2.45) is 0 Å². The third-order valence-electron chi connectivity index (χ3n) is 6.36. The van der Waals surface area contributed by atoms with E-state index in [1.165, 1.54) is 38.4 Å². The van der Waals surface area contributed by atoms with Gasteiger partial charge in [-0.25, -0.2) is 0 Å². The normalized spacial score (nSPS) is 15.5. The second-order valence-electron chi connectivity index (χ2n) is 8.69. The summed E-state index contributed by atoms with van der Waals surface area (Å²) in [6.07, 6.45) is 3.36. The summed E-state index contributed by atoms with van der Waals surface area (Å²) in [6.45, 7) is 4.67. The van der Waals surface area contributed by atoms with Gasteiger partial charge in [0.1, 0.15) is 6.54 Å². The number of benzene rings is 2. The highest BCUT2D eigenvalue weighted by Gasteiger charge is 2.31. The fourth-order valence-electron chi connectivity index (χ4n) is 4.45. The summed E-state index contributed by atoms with van der Waals surface area (Å²) in [4.78, 5) is 42.1. The van der Waals surface area contributed by atoms with Crippen LogP contribution in [0.25, 0.3) is 0 Å². The van der Waals surface area contributed by atoms with Gasteiger partial charge in [-0.15, -0.1) is 0 Å². The highest BCUT2D eigenvalue weighted by Crippen LogP contribution is 2.35. The number of aryl methyl sites for hydroxylation is 2. The van der Waals surface area contributed by atoms with Crippen molar-refractivity contribution in [2.75, 3.05) is 18.5 Å². The molecule has 2 aromatic carbocycles. The Kier molecular flexibility index (Phi) is 6.45. The molecule has 2 amide bonds. The van der Waals surface area contributed by atoms with Crippen molar-refractivity contribution in [3.63, 3.8) is 0 Å². The maximum Gasteiger partial charge on any atom is 0.255 e. The first-order valence-corrected chi connectivity index (χ1v) is 11.3. The highest BCUT2D eigenvalue weighted by atomic mass is 16.2. The number of likely N-dealkylation sites (tertiary alicyclic amines) is 1. The average Bonchev–Trinajstić information content (AvgIpc) is 3.31. The van der Waals surface area contributed by atoms with Gasteiger partial charge in [0.2, 0.25) is 5.91 Å². The van der Waals surface area contributed by atoms with Crippen molar-refractivity contribution in [1.82, 2.24) is 9.47 Å². The molecule has 1 fully saturated rings. The van der Waals surface area contributed by atoms with Gasteiger partial charge in [0.25, 0.3) is 11.5 Å². The summed E-state index contributed by atoms with van der Waals surface area (Å²) in [5.74, 6) is -0.349. The summed E-state index contributed by atoms with van der Waals surface area (Å²) in [5.41, 5.74) is 4.37. The second-order valence-corrected chi connectivity index (χ2v) is 8.69. The van der Waals surface area contributed by atoms with Crippen molar-refractivity contribution in [3.05, 3.63) is 99.5 Å². The summed E-state index contributed by atoms with van der Waals surface area (Å²) in [5, 5.41) is 0. The summed E-state index contributed by atoms with van der Waals surface area (Å²) in [6, 6.07) is 18.5. The van der Waals surface area contributed by atoms with Crippen molar-refractivity contribution in [3.8, 4) is 0 Å². The molecular formula is C27H29N3O3. The fourth-order valence-corrected chi connectivity index (χ4v) is 4.45. The Hall–Kier alpha value is -3.67. The van der Waals surface area contributed by atoms with E-state index >= 15 is 0 Å². The molecule has 170 valence electrons. The van der Waals surface area contributed by atoms with Gasteiger partial charge in [-0.2, -0.15) is 0 Å². The van der Waals surface area contributed by atoms with Crippen LogP contribution in [0.4, 0.5) is 5.69 Å². The van der Waals surface area contributed by atoms with Crippen LogP contribution in [-0.4, -0.2) is 34.9 Å². The molecule has 1 aliphatic rings. The molecule has 3 aromatic rings. The third-order valence-corrected chi connectivity index (χ3v) is 6.36. The van der Waals surface area contributed by atoms with E-state index in [1.807, 2.05) is 35.2 Å². The van der Waals surface area contributed by atoms with E-state index in [4.69, 9.17) is 0 Å². The van der Waals surface area contributed by atoms with E-state index < -0.39 is 0 Å². The van der Waals surface area contributed by atoms with E-state index in [9.17, 15) is 14.4 Å². The first kappa shape index (κ1) is 22.5. The van der Waals surface area contributed by atoms with Gasteiger partial charge in [-0.3, -0.25) is 14.4 Å². The molecule has 0 aliphatic carbocycles. The number of nitrogens with zero attached hydrogens (tertiary/aromatic N) is 3. The lowest BCUT2D eigenvalue weighted by atomic mass is 9.97. The van der Waals surface area contributed by atoms with Crippen LogP contribution >= 0.6 is 0 Å². The number of para-hydroxylation sites is 1. The number of rotatable bonds is 5. The number of carbonyl (C=O) groups is 2. The first-order chi connectivity index (χ1) is 15.8. The van der Waals surface area contributed by atoms with E-state index in [0.717, 1.165) is 18.5 Å². The van der Waals surface area contributed by atoms with Crippen molar-refractivity contribution >= 4 is 17.5 Å². The molecule has 0 bridgehead atoms. The number of aromatic nitrogens is 1. The Bertz CT molecular complexity index is 1230. The number of anilines is 1. The lowest BCUT2D eigenvalue weighted by Gasteiger charge is -2.27. The number of carbonyl (C=O) groups excluding carboxylic acids is 2. The molecule has 1 saturated heterocycles. The number of amides is 2. The first-order valence-electron chi connectivity index (χ1n) is 11.3. The van der Waals surface area contributed by atoms with Crippen LogP contribution in [0.3, 0.4) is 0 Å². The van der Waals surface area contributed by atoms with Gasteiger partial charge in [0.15, 0.2) is 0 Å². The van der Waals surface area contributed by atoms with Crippen LogP contribution in [0.2, 0.25) is 0 Å². The molecule has 1 aliphatic heterocycles. The van der Waals surface area contributed by atoms with Crippen molar-refractivity contribution in [1.29, 1.82) is 0 Å². The summed E-state index contributed by atoms with van der Waals surface area (Å²) in [7, 11) is 1.68. The average molecular weight is 444 g/mol. The predicted molar refractivity (Wildman–Crippen MR) is 129 cm³/mol. The molecular weight excluding hydrogens is 414 g/mol. The molecule has 6 heteroatoms. The number of pyridine rings is 1. The van der Waals surface area contributed by atoms with Crippen molar-refractivity contribution in [2.45, 2.75) is 39.3 Å². The molecule has 0 saturated carbocycles. The van der Waals surface area contributed by atoms with E-state index in [1.54, 1.807) is 13.1 Å². The van der Waals surface area contributed by atoms with Crippen molar-refractivity contribution < 1.29 is 9.59 Å². The van der Waals surface area contributed by atoms with E-state index in [-0.39, 0.29) is 30.0 Å². The van der Waals surface area contributed by atoms with Gasteiger partial charge in [0, 0.05) is 31.5 Å². The smallest absolute Gasteiger partial charge is 0.255 e. The maximum absolute atomic E-state index is 13.4. The molecule has 1 aromatic heterocycles. The number of hydrogen-bond acceptors (Lipinski definition) is 3. The largest absolute Gasteiger partial charge is 0.332 e. The molecule has 6 nitrogen and oxygen atoms in total. The van der Waals surface area contributed by atoms with E-state index in [2.05, 4.69) is 32.0 Å². The van der Waals surface area contributed by atoms with Crippen LogP contribution in [0.1, 0.15) is 45.9 Å². The van der Waals surface area contributed by atoms with Crippen LogP contribution in [-0.2, 0) is 11.3 Å². The fraction of sp³-hybridized carbons (Fsp3) is 0.296. The van der Waals surface area contributed by atoms with E-state index in [0.29, 0.717) is 12.1 Å². The van der Waals surface area contributed by atoms with Gasteiger partial charge >= 0.3 is 0 Å². The summed E-state index contributed by atoms with van der Waals surface area (Å²) >= 11 is 0. The zero-order chi connectivity index (χ0) is 23.5. The minimum atomic E-state index is -0.311. The van der Waals surface area contributed by atoms with Gasteiger partial charge in [0.05, 0.1) is 11.6 Å². The van der Waals surface area contributed by atoms with Crippen LogP contribution in [0.15, 0.2) is 71.7 Å². The SMILES string of the molecule is Cc1ccc(C)c([C@H]2CCCN2C(=O)c2ccc(=O)n(CC(=O)N(C)c3ccccc3)c2)c1. The second kappa shape index (κ2) is 9.45. The monoisotopic (exact) mass is 443 g/mol. The molecule has 33 heavy (non-hydrogen) atoms. The van der Waals surface area contributed by atoms with Crippen LogP contribution in [0, 0.1) is 13.8 Å². The zero-order valence-corrected chi connectivity index (χ0v) is 19.3. The summed E-state index contributed by atoms with van der Waals surface area (Å²) < 4.78 is 1.32. The lowest BCUT2D eigenvalue weighted by Crippen LogP contribution is -2.35. The quantitative estimate of drug-likeness (QED) is 0.596. The van der Waals surface area contributed by atoms with Gasteiger partial charge in [-0.1, -0.05) is 42.0 Å². The van der Waals surface area contributed by atoms with Crippen LogP contribution in [0.5, 0.6) is 0 Å². The number of hydrogen-bond donors (Lipinski definition) is 0. The Morgan fingerprint density at radius 2 is 1.79 bits per heavy atom. The van der Waals surface area contributed by atoms with Crippen LogP contribution < -0.4 is 10.5 Å². The predicted octanol–water partition coefficient (Wildman–Crippen LogP) is 4.11. The third kappa shape index (κ3) is 4.75. The molecule has 4 rings (SSSR count). The molecule has 0 spiro atoms. The topological polar surface area (TPSA) is 62.6 Å². The molecule has 2 heterocycles. The Labute approximate surface area is 194 Å². The molecule has 1 atom stereocenters. The Balaban J connectivity index is 1.56. The molecule has 0 unspecified atom stereocenters. The molecule has 0 N–H and O–H groups in total. The Morgan fingerprint density at radius 1 is 1.03 bits per heavy atom. The lowest BCUT2D eigenvalue weighted by molar-refractivity contribution is -0.118. The zero-order valence-electron chi connectivity index (χ0n) is 19.3. The standard InChI is InChI=1S/C27H29N3O3/c1-19-11-12-20(2)23(16-19)24-10-7-15-30(24)27(33)21-13-14-25(31)29(17-21)18-26(32)28(3)22-8-5-4-6-9-22/h4-6,8-9,11-14,16-17,24H,7,10,15,18H2,1-3H3/t24-/m1/s1.